The zero-order chi connectivity index (χ0) is 19.1. The molecule has 0 fully saturated rings. The third-order valence-corrected chi connectivity index (χ3v) is 5.05. The number of fused-ring (bicyclic) bond motifs is 1. The number of hydrogen-bond donors (Lipinski definition) is 2. The highest BCUT2D eigenvalue weighted by atomic mass is 32.2. The Morgan fingerprint density at radius 2 is 2.04 bits per heavy atom. The highest BCUT2D eigenvalue weighted by Crippen LogP contribution is 2.35. The second kappa shape index (κ2) is 6.35. The summed E-state index contributed by atoms with van der Waals surface area (Å²) in [7, 11) is -3.36. The molecule has 8 nitrogen and oxygen atoms in total. The maximum Gasteiger partial charge on any atom is 0.228 e. The van der Waals surface area contributed by atoms with Crippen molar-refractivity contribution in [1.82, 2.24) is 15.0 Å². The van der Waals surface area contributed by atoms with E-state index in [1.54, 1.807) is 12.1 Å². The Hall–Kier alpha value is -2.49. The number of halogens is 1. The molecule has 140 valence electrons. The van der Waals surface area contributed by atoms with Crippen LogP contribution >= 0.6 is 0 Å². The molecule has 0 saturated heterocycles. The molecule has 0 aliphatic carbocycles. The molecule has 0 amide bonds. The van der Waals surface area contributed by atoms with Crippen LogP contribution in [0.15, 0.2) is 23.1 Å². The first-order valence-corrected chi connectivity index (χ1v) is 9.87. The minimum Gasteiger partial charge on any atom is -0.493 e. The van der Waals surface area contributed by atoms with Gasteiger partial charge in [-0.2, -0.15) is 15.0 Å². The highest BCUT2D eigenvalue weighted by molar-refractivity contribution is 7.90. The third-order valence-electron chi connectivity index (χ3n) is 3.94. The van der Waals surface area contributed by atoms with Crippen molar-refractivity contribution in [2.45, 2.75) is 36.9 Å². The molecule has 2 aromatic rings. The van der Waals surface area contributed by atoms with Crippen LogP contribution in [0.5, 0.6) is 5.75 Å². The SMILES string of the molecule is CC(C)(F)c1nc(N)nc(NC2CCOc3ccc(S(C)(=O)=O)cc32)n1. The van der Waals surface area contributed by atoms with E-state index in [4.69, 9.17) is 10.5 Å². The van der Waals surface area contributed by atoms with Crippen molar-refractivity contribution in [3.8, 4) is 5.75 Å². The number of ether oxygens (including phenoxy) is 1. The van der Waals surface area contributed by atoms with E-state index in [9.17, 15) is 12.8 Å². The van der Waals surface area contributed by atoms with E-state index >= 15 is 0 Å². The molecular formula is C16H20FN5O3S. The third kappa shape index (κ3) is 3.85. The zero-order valence-electron chi connectivity index (χ0n) is 14.7. The fourth-order valence-corrected chi connectivity index (χ4v) is 3.29. The van der Waals surface area contributed by atoms with Crippen LogP contribution in [-0.2, 0) is 15.5 Å². The van der Waals surface area contributed by atoms with Gasteiger partial charge in [0.1, 0.15) is 5.75 Å². The van der Waals surface area contributed by atoms with E-state index in [0.29, 0.717) is 24.3 Å². The molecule has 1 unspecified atom stereocenters. The van der Waals surface area contributed by atoms with Gasteiger partial charge >= 0.3 is 0 Å². The summed E-state index contributed by atoms with van der Waals surface area (Å²) in [6.07, 6.45) is 1.70. The smallest absolute Gasteiger partial charge is 0.228 e. The van der Waals surface area contributed by atoms with Crippen molar-refractivity contribution in [1.29, 1.82) is 0 Å². The fourth-order valence-electron chi connectivity index (χ4n) is 2.63. The molecule has 1 aromatic heterocycles. The Kier molecular flexibility index (Phi) is 4.47. The van der Waals surface area contributed by atoms with Gasteiger partial charge in [-0.05, 0) is 32.0 Å². The number of benzene rings is 1. The Morgan fingerprint density at radius 3 is 2.69 bits per heavy atom. The lowest BCUT2D eigenvalue weighted by Crippen LogP contribution is -2.24. The molecule has 0 spiro atoms. The van der Waals surface area contributed by atoms with Crippen molar-refractivity contribution in [2.24, 2.45) is 0 Å². The molecular weight excluding hydrogens is 361 g/mol. The van der Waals surface area contributed by atoms with E-state index < -0.39 is 15.5 Å². The quantitative estimate of drug-likeness (QED) is 0.825. The van der Waals surface area contributed by atoms with Crippen molar-refractivity contribution < 1.29 is 17.5 Å². The van der Waals surface area contributed by atoms with Crippen LogP contribution in [0.1, 0.15) is 37.7 Å². The lowest BCUT2D eigenvalue weighted by Gasteiger charge is -2.27. The van der Waals surface area contributed by atoms with Gasteiger partial charge in [-0.15, -0.1) is 0 Å². The largest absolute Gasteiger partial charge is 0.493 e. The van der Waals surface area contributed by atoms with Crippen molar-refractivity contribution in [3.63, 3.8) is 0 Å². The summed E-state index contributed by atoms with van der Waals surface area (Å²) in [4.78, 5) is 12.1. The fraction of sp³-hybridized carbons (Fsp3) is 0.438. The summed E-state index contributed by atoms with van der Waals surface area (Å²) < 4.78 is 43.4. The first-order chi connectivity index (χ1) is 12.0. The lowest BCUT2D eigenvalue weighted by atomic mass is 10.0. The first-order valence-electron chi connectivity index (χ1n) is 7.98. The molecule has 0 radical (unpaired) electrons. The van der Waals surface area contributed by atoms with Gasteiger partial charge in [0.2, 0.25) is 11.9 Å². The average molecular weight is 381 g/mol. The number of nitrogens with zero attached hydrogens (tertiary/aromatic N) is 3. The highest BCUT2D eigenvalue weighted by Gasteiger charge is 2.27. The summed E-state index contributed by atoms with van der Waals surface area (Å²) in [5.41, 5.74) is 4.56. The van der Waals surface area contributed by atoms with Gasteiger partial charge in [0, 0.05) is 18.2 Å². The molecule has 1 aliphatic heterocycles. The molecule has 1 aromatic carbocycles. The van der Waals surface area contributed by atoms with E-state index in [1.807, 2.05) is 0 Å². The number of aromatic nitrogens is 3. The summed E-state index contributed by atoms with van der Waals surface area (Å²) in [6.45, 7) is 3.09. The molecule has 0 saturated carbocycles. The Bertz CT molecular complexity index is 943. The molecule has 3 N–H and O–H groups in total. The Labute approximate surface area is 150 Å². The predicted octanol–water partition coefficient (Wildman–Crippen LogP) is 2.00. The van der Waals surface area contributed by atoms with Crippen molar-refractivity contribution >= 4 is 21.7 Å². The summed E-state index contributed by atoms with van der Waals surface area (Å²) in [6, 6.07) is 4.38. The van der Waals surface area contributed by atoms with Gasteiger partial charge < -0.3 is 15.8 Å². The van der Waals surface area contributed by atoms with Gasteiger partial charge in [0.15, 0.2) is 21.3 Å². The minimum absolute atomic E-state index is 0.0790. The minimum atomic E-state index is -3.36. The van der Waals surface area contributed by atoms with Crippen LogP contribution in [0.4, 0.5) is 16.3 Å². The molecule has 1 aliphatic rings. The standard InChI is InChI=1S/C16H20FN5O3S/c1-16(2,17)13-20-14(18)22-15(21-13)19-11-6-7-25-12-5-4-9(8-10(11)12)26(3,23)24/h4-5,8,11H,6-7H2,1-3H3,(H3,18,19,20,21,22). The second-order valence-corrected chi connectivity index (χ2v) is 8.63. The average Bonchev–Trinajstić information content (AvgIpc) is 2.52. The van der Waals surface area contributed by atoms with Crippen LogP contribution < -0.4 is 15.8 Å². The number of nitrogen functional groups attached to an aromatic ring is 1. The van der Waals surface area contributed by atoms with Gasteiger partial charge in [0.05, 0.1) is 17.5 Å². The van der Waals surface area contributed by atoms with Gasteiger partial charge in [0.25, 0.3) is 0 Å². The molecule has 2 heterocycles. The van der Waals surface area contributed by atoms with Gasteiger partial charge in [-0.3, -0.25) is 0 Å². The van der Waals surface area contributed by atoms with E-state index in [0.717, 1.165) is 6.26 Å². The predicted molar refractivity (Wildman–Crippen MR) is 94.4 cm³/mol. The van der Waals surface area contributed by atoms with Crippen LogP contribution in [0.2, 0.25) is 0 Å². The van der Waals surface area contributed by atoms with Crippen molar-refractivity contribution in [2.75, 3.05) is 23.9 Å². The Balaban J connectivity index is 1.97. The summed E-state index contributed by atoms with van der Waals surface area (Å²) >= 11 is 0. The number of rotatable bonds is 4. The lowest BCUT2D eigenvalue weighted by molar-refractivity contribution is 0.206. The summed E-state index contributed by atoms with van der Waals surface area (Å²) in [5, 5.41) is 3.09. The number of sulfone groups is 1. The van der Waals surface area contributed by atoms with Gasteiger partial charge in [-0.25, -0.2) is 12.8 Å². The number of nitrogens with one attached hydrogen (secondary N) is 1. The van der Waals surface area contributed by atoms with Crippen LogP contribution in [0.3, 0.4) is 0 Å². The molecule has 10 heteroatoms. The van der Waals surface area contributed by atoms with Gasteiger partial charge in [-0.1, -0.05) is 0 Å². The van der Waals surface area contributed by atoms with Crippen molar-refractivity contribution in [3.05, 3.63) is 29.6 Å². The molecule has 26 heavy (non-hydrogen) atoms. The number of hydrogen-bond acceptors (Lipinski definition) is 8. The number of anilines is 2. The van der Waals surface area contributed by atoms with E-state index in [-0.39, 0.29) is 28.7 Å². The maximum atomic E-state index is 14.2. The topological polar surface area (TPSA) is 120 Å². The molecule has 1 atom stereocenters. The van der Waals surface area contributed by atoms with Crippen LogP contribution in [-0.4, -0.2) is 36.2 Å². The zero-order valence-corrected chi connectivity index (χ0v) is 15.5. The maximum absolute atomic E-state index is 14.2. The number of nitrogens with two attached hydrogens (primary N) is 1. The normalized spacial score (nSPS) is 17.3. The van der Waals surface area contributed by atoms with E-state index in [2.05, 4.69) is 20.3 Å². The Morgan fingerprint density at radius 1 is 1.31 bits per heavy atom. The van der Waals surface area contributed by atoms with E-state index in [1.165, 1.54) is 19.9 Å². The second-order valence-electron chi connectivity index (χ2n) is 6.62. The molecule has 0 bridgehead atoms. The first kappa shape index (κ1) is 18.3. The monoisotopic (exact) mass is 381 g/mol. The number of alkyl halides is 1. The van der Waals surface area contributed by atoms with Crippen LogP contribution in [0.25, 0.3) is 0 Å². The molecule has 3 rings (SSSR count). The summed E-state index contributed by atoms with van der Waals surface area (Å²) in [5.74, 6) is 0.528. The van der Waals surface area contributed by atoms with Crippen LogP contribution in [0, 0.1) is 0 Å².